The molecule has 0 aromatic heterocycles. The SMILES string of the molecule is C[Si](c1ccccc1)c1ccc(Cl)cc1. The van der Waals surface area contributed by atoms with Crippen LogP contribution in [0.25, 0.3) is 0 Å². The molecule has 1 radical (unpaired) electrons. The number of hydrogen-bond donors (Lipinski definition) is 0. The smallest absolute Gasteiger partial charge is 0.0843 e. The highest BCUT2D eigenvalue weighted by Crippen LogP contribution is 2.04. The third-order valence-electron chi connectivity index (χ3n) is 2.48. The van der Waals surface area contributed by atoms with E-state index in [0.29, 0.717) is 0 Å². The Morgan fingerprint density at radius 2 is 1.33 bits per heavy atom. The maximum atomic E-state index is 5.87. The van der Waals surface area contributed by atoms with Crippen LogP contribution in [-0.2, 0) is 0 Å². The van der Waals surface area contributed by atoms with Gasteiger partial charge in [-0.05, 0) is 12.1 Å². The van der Waals surface area contributed by atoms with E-state index in [4.69, 9.17) is 11.6 Å². The predicted molar refractivity (Wildman–Crippen MR) is 68.8 cm³/mol. The molecule has 2 aromatic carbocycles. The van der Waals surface area contributed by atoms with Gasteiger partial charge in [-0.15, -0.1) is 0 Å². The first-order valence-corrected chi connectivity index (χ1v) is 7.30. The monoisotopic (exact) mass is 231 g/mol. The van der Waals surface area contributed by atoms with Crippen LogP contribution in [0.1, 0.15) is 0 Å². The minimum absolute atomic E-state index is 0.620. The van der Waals surface area contributed by atoms with E-state index in [2.05, 4.69) is 49.0 Å². The van der Waals surface area contributed by atoms with Crippen LogP contribution in [0.3, 0.4) is 0 Å². The number of rotatable bonds is 2. The number of halogens is 1. The minimum Gasteiger partial charge on any atom is -0.0843 e. The van der Waals surface area contributed by atoms with Crippen molar-refractivity contribution in [1.29, 1.82) is 0 Å². The molecule has 75 valence electrons. The zero-order chi connectivity index (χ0) is 10.7. The van der Waals surface area contributed by atoms with Crippen molar-refractivity contribution in [2.24, 2.45) is 0 Å². The van der Waals surface area contributed by atoms with Crippen molar-refractivity contribution in [2.75, 3.05) is 0 Å². The van der Waals surface area contributed by atoms with Crippen LogP contribution in [0.5, 0.6) is 0 Å². The maximum absolute atomic E-state index is 5.87. The molecule has 2 aromatic rings. The van der Waals surface area contributed by atoms with Crippen LogP contribution in [-0.4, -0.2) is 8.80 Å². The van der Waals surface area contributed by atoms with Gasteiger partial charge in [0.05, 0.1) is 0 Å². The third-order valence-corrected chi connectivity index (χ3v) is 5.13. The molecule has 0 saturated heterocycles. The fourth-order valence-corrected chi connectivity index (χ4v) is 3.37. The largest absolute Gasteiger partial charge is 0.118 e. The molecule has 0 amide bonds. The van der Waals surface area contributed by atoms with Crippen molar-refractivity contribution in [2.45, 2.75) is 6.55 Å². The first-order valence-electron chi connectivity index (χ1n) is 4.92. The van der Waals surface area contributed by atoms with Gasteiger partial charge < -0.3 is 0 Å². The van der Waals surface area contributed by atoms with Gasteiger partial charge in [0.15, 0.2) is 0 Å². The summed E-state index contributed by atoms with van der Waals surface area (Å²) in [5.41, 5.74) is 0. The van der Waals surface area contributed by atoms with Crippen molar-refractivity contribution in [1.82, 2.24) is 0 Å². The molecule has 0 saturated carbocycles. The summed E-state index contributed by atoms with van der Waals surface area (Å²) in [5, 5.41) is 3.64. The van der Waals surface area contributed by atoms with E-state index in [1.165, 1.54) is 10.4 Å². The Kier molecular flexibility index (Phi) is 3.24. The van der Waals surface area contributed by atoms with Gasteiger partial charge in [0.1, 0.15) is 8.80 Å². The Morgan fingerprint density at radius 3 is 1.93 bits per heavy atom. The fourth-order valence-electron chi connectivity index (χ4n) is 1.55. The topological polar surface area (TPSA) is 0 Å². The zero-order valence-electron chi connectivity index (χ0n) is 8.57. The molecule has 0 N–H and O–H groups in total. The van der Waals surface area contributed by atoms with Gasteiger partial charge in [0, 0.05) is 5.02 Å². The maximum Gasteiger partial charge on any atom is 0.118 e. The molecule has 0 aliphatic carbocycles. The Hall–Kier alpha value is -1.05. The standard InChI is InChI=1S/C13H12ClSi/c1-15(12-5-3-2-4-6-12)13-9-7-11(14)8-10-13/h2-10H,1H3. The molecule has 0 fully saturated rings. The molecule has 2 heteroatoms. The second-order valence-corrected chi connectivity index (χ2v) is 6.34. The molecule has 0 bridgehead atoms. The summed E-state index contributed by atoms with van der Waals surface area (Å²) in [7, 11) is -0.620. The van der Waals surface area contributed by atoms with Crippen molar-refractivity contribution in [3.63, 3.8) is 0 Å². The molecule has 0 spiro atoms. The first-order chi connectivity index (χ1) is 7.27. The summed E-state index contributed by atoms with van der Waals surface area (Å²) in [4.78, 5) is 0. The quantitative estimate of drug-likeness (QED) is 0.697. The Bertz CT molecular complexity index is 422. The van der Waals surface area contributed by atoms with Crippen LogP contribution in [0.15, 0.2) is 54.6 Å². The first kappa shape index (κ1) is 10.5. The summed E-state index contributed by atoms with van der Waals surface area (Å²) in [6.45, 7) is 2.31. The summed E-state index contributed by atoms with van der Waals surface area (Å²) in [6, 6.07) is 18.8. The highest BCUT2D eigenvalue weighted by Gasteiger charge is 2.09. The van der Waals surface area contributed by atoms with Crippen molar-refractivity contribution in [3.8, 4) is 0 Å². The van der Waals surface area contributed by atoms with Crippen molar-refractivity contribution in [3.05, 3.63) is 59.6 Å². The Balaban J connectivity index is 2.29. The lowest BCUT2D eigenvalue weighted by Crippen LogP contribution is -2.38. The Morgan fingerprint density at radius 1 is 0.800 bits per heavy atom. The van der Waals surface area contributed by atoms with Crippen LogP contribution in [0, 0.1) is 0 Å². The van der Waals surface area contributed by atoms with E-state index in [9.17, 15) is 0 Å². The van der Waals surface area contributed by atoms with Gasteiger partial charge in [-0.3, -0.25) is 0 Å². The van der Waals surface area contributed by atoms with E-state index >= 15 is 0 Å². The molecule has 2 rings (SSSR count). The average molecular weight is 232 g/mol. The Labute approximate surface area is 97.1 Å². The van der Waals surface area contributed by atoms with Crippen molar-refractivity contribution >= 4 is 30.8 Å². The molecule has 0 unspecified atom stereocenters. The van der Waals surface area contributed by atoms with Crippen LogP contribution < -0.4 is 10.4 Å². The van der Waals surface area contributed by atoms with E-state index in [1.54, 1.807) is 0 Å². The molecule has 0 aliphatic rings. The second-order valence-electron chi connectivity index (χ2n) is 3.50. The summed E-state index contributed by atoms with van der Waals surface area (Å²) in [5.74, 6) is 0. The normalized spacial score (nSPS) is 10.6. The van der Waals surface area contributed by atoms with Gasteiger partial charge in [-0.2, -0.15) is 0 Å². The van der Waals surface area contributed by atoms with E-state index in [0.717, 1.165) is 5.02 Å². The van der Waals surface area contributed by atoms with Gasteiger partial charge >= 0.3 is 0 Å². The predicted octanol–water partition coefficient (Wildman–Crippen LogP) is 2.58. The number of benzene rings is 2. The molecule has 0 atom stereocenters. The third kappa shape index (κ3) is 2.49. The molecule has 0 aliphatic heterocycles. The molecule has 15 heavy (non-hydrogen) atoms. The fraction of sp³-hybridized carbons (Fsp3) is 0.0769. The molecule has 0 heterocycles. The van der Waals surface area contributed by atoms with E-state index in [-0.39, 0.29) is 0 Å². The highest BCUT2D eigenvalue weighted by atomic mass is 35.5. The van der Waals surface area contributed by atoms with Gasteiger partial charge in [0.25, 0.3) is 0 Å². The van der Waals surface area contributed by atoms with E-state index < -0.39 is 8.80 Å². The van der Waals surface area contributed by atoms with Crippen LogP contribution in [0.4, 0.5) is 0 Å². The van der Waals surface area contributed by atoms with E-state index in [1.807, 2.05) is 12.1 Å². The summed E-state index contributed by atoms with van der Waals surface area (Å²) >= 11 is 5.87. The lowest BCUT2D eigenvalue weighted by molar-refractivity contribution is 1.72. The molecule has 0 nitrogen and oxygen atoms in total. The minimum atomic E-state index is -0.620. The highest BCUT2D eigenvalue weighted by molar-refractivity contribution is 6.84. The second kappa shape index (κ2) is 4.64. The molecular weight excluding hydrogens is 220 g/mol. The van der Waals surface area contributed by atoms with Crippen LogP contribution >= 0.6 is 11.6 Å². The van der Waals surface area contributed by atoms with Crippen LogP contribution in [0.2, 0.25) is 11.6 Å². The average Bonchev–Trinajstić information content (AvgIpc) is 2.30. The summed E-state index contributed by atoms with van der Waals surface area (Å²) < 4.78 is 0. The summed E-state index contributed by atoms with van der Waals surface area (Å²) in [6.07, 6.45) is 0. The molecular formula is C13H12ClSi. The lowest BCUT2D eigenvalue weighted by Gasteiger charge is -2.09. The number of hydrogen-bond acceptors (Lipinski definition) is 0. The van der Waals surface area contributed by atoms with Gasteiger partial charge in [-0.1, -0.05) is 71.0 Å². The van der Waals surface area contributed by atoms with Crippen molar-refractivity contribution < 1.29 is 0 Å². The van der Waals surface area contributed by atoms with Gasteiger partial charge in [0.2, 0.25) is 0 Å². The van der Waals surface area contributed by atoms with Gasteiger partial charge in [-0.25, -0.2) is 0 Å². The lowest BCUT2D eigenvalue weighted by atomic mass is 10.4. The zero-order valence-corrected chi connectivity index (χ0v) is 10.3.